The first-order chi connectivity index (χ1) is 10.3. The largest absolute Gasteiger partial charge is 0.462 e. The van der Waals surface area contributed by atoms with Gasteiger partial charge in [0.25, 0.3) is 0 Å². The molecule has 0 bridgehead atoms. The second kappa shape index (κ2) is 6.67. The first-order valence-corrected chi connectivity index (χ1v) is 7.33. The molecule has 2 rings (SSSR count). The van der Waals surface area contributed by atoms with Crippen molar-refractivity contribution in [2.24, 2.45) is 5.92 Å². The molecule has 2 nitrogen and oxygen atoms in total. The molecule has 1 fully saturated rings. The van der Waals surface area contributed by atoms with Crippen LogP contribution < -0.4 is 0 Å². The van der Waals surface area contributed by atoms with Gasteiger partial charge in [0.05, 0.1) is 11.5 Å². The molecule has 1 aromatic carbocycles. The van der Waals surface area contributed by atoms with Gasteiger partial charge in [-0.2, -0.15) is 13.2 Å². The molecule has 1 aliphatic rings. The van der Waals surface area contributed by atoms with Crippen LogP contribution in [0.2, 0.25) is 0 Å². The van der Waals surface area contributed by atoms with Crippen molar-refractivity contribution in [1.82, 2.24) is 0 Å². The molecule has 0 aliphatic heterocycles. The summed E-state index contributed by atoms with van der Waals surface area (Å²) in [5.41, 5.74) is -0.946. The molecule has 0 amide bonds. The number of carbonyl (C=O) groups is 1. The van der Waals surface area contributed by atoms with Gasteiger partial charge in [0.15, 0.2) is 0 Å². The average molecular weight is 318 g/mol. The van der Waals surface area contributed by atoms with Gasteiger partial charge in [-0.25, -0.2) is 4.39 Å². The molecule has 0 N–H and O–H groups in total. The third kappa shape index (κ3) is 4.21. The summed E-state index contributed by atoms with van der Waals surface area (Å²) in [5, 5.41) is 0. The van der Waals surface area contributed by atoms with E-state index in [1.807, 2.05) is 0 Å². The molecule has 22 heavy (non-hydrogen) atoms. The number of halogens is 4. The third-order valence-electron chi connectivity index (χ3n) is 3.87. The van der Waals surface area contributed by atoms with Crippen molar-refractivity contribution in [3.05, 3.63) is 35.1 Å². The van der Waals surface area contributed by atoms with E-state index >= 15 is 0 Å². The highest BCUT2D eigenvalue weighted by atomic mass is 19.4. The van der Waals surface area contributed by atoms with Crippen LogP contribution in [0, 0.1) is 11.7 Å². The maximum absolute atomic E-state index is 13.5. The molecule has 1 aromatic rings. The maximum atomic E-state index is 13.5. The lowest BCUT2D eigenvalue weighted by atomic mass is 9.99. The molecule has 1 atom stereocenters. The van der Waals surface area contributed by atoms with Gasteiger partial charge in [0.2, 0.25) is 0 Å². The van der Waals surface area contributed by atoms with Gasteiger partial charge in [0, 0.05) is 0 Å². The van der Waals surface area contributed by atoms with Crippen LogP contribution in [0.25, 0.3) is 0 Å². The van der Waals surface area contributed by atoms with Crippen molar-refractivity contribution in [3.63, 3.8) is 0 Å². The SMILES string of the molecule is CC(Cc1ccc(C(F)(F)F)c(F)c1)C(=O)OC1CCCC1. The van der Waals surface area contributed by atoms with E-state index in [4.69, 9.17) is 4.74 Å². The summed E-state index contributed by atoms with van der Waals surface area (Å²) in [4.78, 5) is 11.9. The van der Waals surface area contributed by atoms with Crippen LogP contribution in [-0.4, -0.2) is 12.1 Å². The minimum absolute atomic E-state index is 0.0562. The minimum atomic E-state index is -4.71. The normalized spacial score (nSPS) is 17.5. The van der Waals surface area contributed by atoms with E-state index in [2.05, 4.69) is 0 Å². The number of carbonyl (C=O) groups excluding carboxylic acids is 1. The number of rotatable bonds is 4. The molecule has 1 saturated carbocycles. The lowest BCUT2D eigenvalue weighted by molar-refractivity contribution is -0.153. The van der Waals surface area contributed by atoms with Gasteiger partial charge in [-0.3, -0.25) is 4.79 Å². The number of ether oxygens (including phenoxy) is 1. The van der Waals surface area contributed by atoms with Gasteiger partial charge in [-0.05, 0) is 49.8 Å². The predicted molar refractivity (Wildman–Crippen MR) is 72.6 cm³/mol. The molecule has 0 saturated heterocycles. The zero-order chi connectivity index (χ0) is 16.3. The topological polar surface area (TPSA) is 26.3 Å². The zero-order valence-corrected chi connectivity index (χ0v) is 12.3. The molecule has 122 valence electrons. The quantitative estimate of drug-likeness (QED) is 0.603. The van der Waals surface area contributed by atoms with Crippen molar-refractivity contribution in [1.29, 1.82) is 0 Å². The first kappa shape index (κ1) is 16.8. The Hall–Kier alpha value is -1.59. The fourth-order valence-electron chi connectivity index (χ4n) is 2.64. The number of hydrogen-bond acceptors (Lipinski definition) is 2. The van der Waals surface area contributed by atoms with Crippen molar-refractivity contribution in [3.8, 4) is 0 Å². The summed E-state index contributed by atoms with van der Waals surface area (Å²) in [7, 11) is 0. The van der Waals surface area contributed by atoms with Crippen LogP contribution >= 0.6 is 0 Å². The van der Waals surface area contributed by atoms with E-state index in [9.17, 15) is 22.4 Å². The highest BCUT2D eigenvalue weighted by Gasteiger charge is 2.34. The summed E-state index contributed by atoms with van der Waals surface area (Å²) in [6.07, 6.45) is -0.830. The highest BCUT2D eigenvalue weighted by Crippen LogP contribution is 2.32. The van der Waals surface area contributed by atoms with E-state index in [1.54, 1.807) is 6.92 Å². The number of hydrogen-bond donors (Lipinski definition) is 0. The lowest BCUT2D eigenvalue weighted by Gasteiger charge is -2.16. The molecule has 6 heteroatoms. The fourth-order valence-corrected chi connectivity index (χ4v) is 2.64. The van der Waals surface area contributed by atoms with E-state index in [0.29, 0.717) is 11.6 Å². The Bertz CT molecular complexity index is 533. The second-order valence-corrected chi connectivity index (χ2v) is 5.76. The summed E-state index contributed by atoms with van der Waals surface area (Å²) >= 11 is 0. The van der Waals surface area contributed by atoms with Crippen LogP contribution in [0.1, 0.15) is 43.7 Å². The van der Waals surface area contributed by atoms with Crippen LogP contribution in [0.4, 0.5) is 17.6 Å². The molecule has 0 radical (unpaired) electrons. The van der Waals surface area contributed by atoms with E-state index in [-0.39, 0.29) is 18.5 Å². The highest BCUT2D eigenvalue weighted by molar-refractivity contribution is 5.72. The molecular formula is C16H18F4O2. The fraction of sp³-hybridized carbons (Fsp3) is 0.562. The minimum Gasteiger partial charge on any atom is -0.462 e. The third-order valence-corrected chi connectivity index (χ3v) is 3.87. The predicted octanol–water partition coefficient (Wildman–Crippen LogP) is 4.51. The number of esters is 1. The monoisotopic (exact) mass is 318 g/mol. The molecule has 1 unspecified atom stereocenters. The van der Waals surface area contributed by atoms with Crippen LogP contribution in [-0.2, 0) is 22.1 Å². The Kier molecular flexibility index (Phi) is 5.08. The molecule has 1 aliphatic carbocycles. The maximum Gasteiger partial charge on any atom is 0.419 e. The van der Waals surface area contributed by atoms with Gasteiger partial charge in [-0.1, -0.05) is 13.0 Å². The molecule has 0 spiro atoms. The molecular weight excluding hydrogens is 300 g/mol. The summed E-state index contributed by atoms with van der Waals surface area (Å²) in [5.74, 6) is -2.22. The number of benzene rings is 1. The van der Waals surface area contributed by atoms with E-state index in [0.717, 1.165) is 31.7 Å². The van der Waals surface area contributed by atoms with Crippen molar-refractivity contribution in [2.45, 2.75) is 51.3 Å². The molecule has 0 aromatic heterocycles. The molecule has 0 heterocycles. The smallest absolute Gasteiger partial charge is 0.419 e. The summed E-state index contributed by atoms with van der Waals surface area (Å²) < 4.78 is 56.3. The standard InChI is InChI=1S/C16H18F4O2/c1-10(15(21)22-12-4-2-3-5-12)8-11-6-7-13(14(17)9-11)16(18,19)20/h6-7,9-10,12H,2-5,8H2,1H3. The van der Waals surface area contributed by atoms with Crippen molar-refractivity contribution >= 4 is 5.97 Å². The lowest BCUT2D eigenvalue weighted by Crippen LogP contribution is -2.22. The van der Waals surface area contributed by atoms with Crippen LogP contribution in [0.3, 0.4) is 0 Å². The summed E-state index contributed by atoms with van der Waals surface area (Å²) in [6, 6.07) is 2.74. The second-order valence-electron chi connectivity index (χ2n) is 5.76. The van der Waals surface area contributed by atoms with E-state index < -0.39 is 23.5 Å². The summed E-state index contributed by atoms with van der Waals surface area (Å²) in [6.45, 7) is 1.63. The zero-order valence-electron chi connectivity index (χ0n) is 12.3. The van der Waals surface area contributed by atoms with Crippen LogP contribution in [0.15, 0.2) is 18.2 Å². The van der Waals surface area contributed by atoms with Crippen molar-refractivity contribution < 1.29 is 27.1 Å². The van der Waals surface area contributed by atoms with Gasteiger partial charge >= 0.3 is 12.1 Å². The first-order valence-electron chi connectivity index (χ1n) is 7.33. The van der Waals surface area contributed by atoms with Gasteiger partial charge in [-0.15, -0.1) is 0 Å². The van der Waals surface area contributed by atoms with Crippen LogP contribution in [0.5, 0.6) is 0 Å². The van der Waals surface area contributed by atoms with Crippen molar-refractivity contribution in [2.75, 3.05) is 0 Å². The van der Waals surface area contributed by atoms with E-state index in [1.165, 1.54) is 6.07 Å². The van der Waals surface area contributed by atoms with Gasteiger partial charge < -0.3 is 4.74 Å². The Morgan fingerprint density at radius 2 is 1.95 bits per heavy atom. The Labute approximate surface area is 126 Å². The Balaban J connectivity index is 1.97. The average Bonchev–Trinajstić information content (AvgIpc) is 2.90. The Morgan fingerprint density at radius 1 is 1.32 bits per heavy atom. The number of alkyl halides is 3. The Morgan fingerprint density at radius 3 is 2.50 bits per heavy atom. The van der Waals surface area contributed by atoms with Gasteiger partial charge in [0.1, 0.15) is 11.9 Å².